The van der Waals surface area contributed by atoms with Crippen molar-refractivity contribution in [3.05, 3.63) is 64.0 Å². The third-order valence-electron chi connectivity index (χ3n) is 7.34. The van der Waals surface area contributed by atoms with Gasteiger partial charge in [-0.25, -0.2) is 22.8 Å². The summed E-state index contributed by atoms with van der Waals surface area (Å²) in [5, 5.41) is 2.64. The lowest BCUT2D eigenvalue weighted by Crippen LogP contribution is -2.58. The zero-order valence-corrected chi connectivity index (χ0v) is 35.7. The van der Waals surface area contributed by atoms with Crippen molar-refractivity contribution in [2.75, 3.05) is 46.8 Å². The molecule has 0 saturated heterocycles. The predicted octanol–water partition coefficient (Wildman–Crippen LogP) is 6.10. The molecule has 15 nitrogen and oxygen atoms in total. The van der Waals surface area contributed by atoms with Gasteiger partial charge in [0.1, 0.15) is 22.3 Å². The van der Waals surface area contributed by atoms with Crippen molar-refractivity contribution in [1.29, 1.82) is 0 Å². The molecule has 0 saturated carbocycles. The molecule has 2 aromatic carbocycles. The maximum Gasteiger partial charge on any atom is 0.343 e. The van der Waals surface area contributed by atoms with Gasteiger partial charge in [-0.05, 0) is 80.5 Å². The lowest BCUT2D eigenvalue weighted by molar-refractivity contribution is -0.157. The van der Waals surface area contributed by atoms with Gasteiger partial charge in [-0.15, -0.1) is 0 Å². The Hall–Kier alpha value is -5.21. The lowest BCUT2D eigenvalue weighted by atomic mass is 10.00. The molecule has 0 aliphatic heterocycles. The Morgan fingerprint density at radius 3 is 1.18 bits per heavy atom. The van der Waals surface area contributed by atoms with Gasteiger partial charge in [0, 0.05) is 5.56 Å². The molecule has 61 heavy (non-hydrogen) atoms. The van der Waals surface area contributed by atoms with Gasteiger partial charge in [0.2, 0.25) is 34.8 Å². The van der Waals surface area contributed by atoms with Gasteiger partial charge in [-0.1, -0.05) is 0 Å². The highest BCUT2D eigenvalue weighted by atomic mass is 19.2. The van der Waals surface area contributed by atoms with E-state index in [0.29, 0.717) is 0 Å². The number of benzene rings is 2. The zero-order valence-electron chi connectivity index (χ0n) is 35.7. The maximum absolute atomic E-state index is 14.4. The SMILES string of the molecule is COC(=O)c1cc(C(=O)NC(COCCC(=O)OC(C)(C)C)(COCCC(=O)OC(C)(C)C)COCCC(=O)OC(C)(C)C)cc(C(=O)Oc2c(F)c(F)c(F)c(F)c2F)c1. The number of carbonyl (C=O) groups excluding carboxylic acids is 6. The van der Waals surface area contributed by atoms with E-state index >= 15 is 0 Å². The number of esters is 5. The molecular weight excluding hydrogens is 825 g/mol. The van der Waals surface area contributed by atoms with Crippen LogP contribution in [0, 0.1) is 29.1 Å². The van der Waals surface area contributed by atoms with E-state index in [2.05, 4.69) is 10.1 Å². The number of methoxy groups -OCH3 is 1. The third kappa shape index (κ3) is 17.7. The van der Waals surface area contributed by atoms with E-state index in [4.69, 9.17) is 33.2 Å². The number of ether oxygens (including phenoxy) is 8. The van der Waals surface area contributed by atoms with Crippen molar-refractivity contribution in [3.63, 3.8) is 0 Å². The average molecular weight is 878 g/mol. The van der Waals surface area contributed by atoms with Gasteiger partial charge in [0.25, 0.3) is 5.91 Å². The van der Waals surface area contributed by atoms with Crippen molar-refractivity contribution in [3.8, 4) is 5.75 Å². The van der Waals surface area contributed by atoms with Crippen LogP contribution in [0.3, 0.4) is 0 Å². The molecule has 0 heterocycles. The van der Waals surface area contributed by atoms with Crippen LogP contribution in [0.15, 0.2) is 18.2 Å². The molecule has 0 aliphatic carbocycles. The van der Waals surface area contributed by atoms with E-state index in [0.717, 1.165) is 25.3 Å². The Balaban J connectivity index is 2.58. The van der Waals surface area contributed by atoms with Crippen LogP contribution < -0.4 is 10.1 Å². The van der Waals surface area contributed by atoms with E-state index in [1.165, 1.54) is 0 Å². The van der Waals surface area contributed by atoms with Crippen molar-refractivity contribution in [1.82, 2.24) is 5.32 Å². The Labute approximate surface area is 349 Å². The largest absolute Gasteiger partial charge is 0.465 e. The summed E-state index contributed by atoms with van der Waals surface area (Å²) in [6.45, 7) is 12.7. The minimum Gasteiger partial charge on any atom is -0.465 e. The van der Waals surface area contributed by atoms with E-state index < -0.39 is 129 Å². The highest BCUT2D eigenvalue weighted by molar-refractivity contribution is 6.02. The topological polar surface area (TPSA) is 188 Å². The van der Waals surface area contributed by atoms with Gasteiger partial charge in [0.05, 0.1) is 77.1 Å². The molecule has 0 unspecified atom stereocenters. The number of nitrogens with one attached hydrogen (secondary N) is 1. The first-order valence-corrected chi connectivity index (χ1v) is 18.8. The van der Waals surface area contributed by atoms with Gasteiger partial charge in [-0.3, -0.25) is 19.2 Å². The summed E-state index contributed by atoms with van der Waals surface area (Å²) in [6.07, 6.45) is -0.720. The summed E-state index contributed by atoms with van der Waals surface area (Å²) in [7, 11) is 0.949. The standard InChI is InChI=1S/C41H52F5NO14/c1-38(2,3)59-26(48)11-14-55-20-41(21-56-15-12-27(49)60-39(4,5)6,22-57-16-13-28(50)61-40(7,8)9)47-35(51)23-17-24(36(52)54-10)19-25(18-23)37(53)58-34-32(45)30(43)29(42)31(44)33(34)46/h17-19H,11-16,20-22H2,1-10H3,(H,47,51). The van der Waals surface area contributed by atoms with Crippen LogP contribution in [0.2, 0.25) is 0 Å². The summed E-state index contributed by atoms with van der Waals surface area (Å²) in [4.78, 5) is 77.2. The molecule has 1 amide bonds. The summed E-state index contributed by atoms with van der Waals surface area (Å²) < 4.78 is 113. The highest BCUT2D eigenvalue weighted by Gasteiger charge is 2.36. The molecule has 0 spiro atoms. The number of rotatable bonds is 20. The molecule has 0 bridgehead atoms. The first kappa shape index (κ1) is 51.9. The van der Waals surface area contributed by atoms with E-state index in [-0.39, 0.29) is 39.1 Å². The van der Waals surface area contributed by atoms with Crippen LogP contribution in [-0.4, -0.2) is 105 Å². The molecule has 2 rings (SSSR count). The Morgan fingerprint density at radius 2 is 0.836 bits per heavy atom. The quantitative estimate of drug-likeness (QED) is 0.0306. The molecule has 0 radical (unpaired) electrons. The van der Waals surface area contributed by atoms with Crippen LogP contribution >= 0.6 is 0 Å². The zero-order chi connectivity index (χ0) is 46.5. The van der Waals surface area contributed by atoms with Crippen LogP contribution in [0.4, 0.5) is 22.0 Å². The monoisotopic (exact) mass is 877 g/mol. The minimum atomic E-state index is -2.51. The van der Waals surface area contributed by atoms with Crippen LogP contribution in [0.1, 0.15) is 113 Å². The van der Waals surface area contributed by atoms with E-state index in [1.807, 2.05) is 0 Å². The fourth-order valence-electron chi connectivity index (χ4n) is 4.93. The van der Waals surface area contributed by atoms with Crippen LogP contribution in [0.25, 0.3) is 0 Å². The second-order valence-corrected chi connectivity index (χ2v) is 16.5. The average Bonchev–Trinajstić information content (AvgIpc) is 3.14. The van der Waals surface area contributed by atoms with Gasteiger partial charge >= 0.3 is 29.8 Å². The first-order valence-electron chi connectivity index (χ1n) is 18.8. The summed E-state index contributed by atoms with van der Waals surface area (Å²) >= 11 is 0. The number of amides is 1. The number of halogens is 5. The Morgan fingerprint density at radius 1 is 0.508 bits per heavy atom. The molecule has 2 aromatic rings. The molecule has 0 fully saturated rings. The van der Waals surface area contributed by atoms with Crippen molar-refractivity contribution in [2.24, 2.45) is 0 Å². The summed E-state index contributed by atoms with van der Waals surface area (Å²) in [5.41, 5.74) is -5.99. The first-order chi connectivity index (χ1) is 28.1. The normalized spacial score (nSPS) is 12.0. The molecular formula is C41H52F5NO14. The van der Waals surface area contributed by atoms with Gasteiger partial charge in [0.15, 0.2) is 0 Å². The molecule has 0 aromatic heterocycles. The fraction of sp³-hybridized carbons (Fsp3) is 0.561. The van der Waals surface area contributed by atoms with E-state index in [1.54, 1.807) is 62.3 Å². The Kier molecular flexibility index (Phi) is 18.8. The lowest BCUT2D eigenvalue weighted by Gasteiger charge is -2.34. The van der Waals surface area contributed by atoms with Crippen LogP contribution in [0.5, 0.6) is 5.75 Å². The van der Waals surface area contributed by atoms with E-state index in [9.17, 15) is 50.7 Å². The predicted molar refractivity (Wildman–Crippen MR) is 203 cm³/mol. The van der Waals surface area contributed by atoms with Crippen molar-refractivity contribution in [2.45, 2.75) is 104 Å². The number of hydrogen-bond acceptors (Lipinski definition) is 14. The second-order valence-electron chi connectivity index (χ2n) is 16.5. The van der Waals surface area contributed by atoms with Gasteiger partial charge < -0.3 is 43.2 Å². The summed E-state index contributed by atoms with van der Waals surface area (Å²) in [5.74, 6) is -20.1. The summed E-state index contributed by atoms with van der Waals surface area (Å²) in [6, 6.07) is 2.48. The number of hydrogen-bond donors (Lipinski definition) is 1. The molecule has 0 atom stereocenters. The third-order valence-corrected chi connectivity index (χ3v) is 7.34. The molecule has 0 aliphatic rings. The van der Waals surface area contributed by atoms with Gasteiger partial charge in [-0.2, -0.15) is 8.78 Å². The molecule has 340 valence electrons. The highest BCUT2D eigenvalue weighted by Crippen LogP contribution is 2.30. The molecule has 1 N–H and O–H groups in total. The number of carbonyl (C=O) groups is 6. The fourth-order valence-corrected chi connectivity index (χ4v) is 4.93. The van der Waals surface area contributed by atoms with Crippen LogP contribution in [-0.2, 0) is 47.5 Å². The second kappa shape index (κ2) is 22.1. The smallest absolute Gasteiger partial charge is 0.343 e. The maximum atomic E-state index is 14.4. The molecule has 20 heteroatoms. The minimum absolute atomic E-state index is 0.240. The van der Waals surface area contributed by atoms with Crippen molar-refractivity contribution < 1.29 is 88.6 Å². The van der Waals surface area contributed by atoms with Crippen molar-refractivity contribution >= 4 is 35.8 Å². The Bertz CT molecular complexity index is 1800.